The number of hydrogen-bond acceptors (Lipinski definition) is 4. The standard InChI is InChI=1S/C15H19N3O/c1-5-19-13-8-6-7-12(9-13)14-10(2)11(3)15(16-4)18-17-14/h6-9H,5H2,1-4H3,(H,16,18). The van der Waals surface area contributed by atoms with Crippen molar-refractivity contribution in [1.82, 2.24) is 10.2 Å². The van der Waals surface area contributed by atoms with E-state index in [0.29, 0.717) is 6.61 Å². The van der Waals surface area contributed by atoms with E-state index in [1.54, 1.807) is 0 Å². The summed E-state index contributed by atoms with van der Waals surface area (Å²) in [4.78, 5) is 0. The second-order valence-corrected chi connectivity index (χ2v) is 4.36. The lowest BCUT2D eigenvalue weighted by atomic mass is 10.0. The molecule has 0 radical (unpaired) electrons. The molecule has 4 nitrogen and oxygen atoms in total. The SMILES string of the molecule is CCOc1cccc(-c2nnc(NC)c(C)c2C)c1. The van der Waals surface area contributed by atoms with Crippen molar-refractivity contribution >= 4 is 5.82 Å². The molecule has 100 valence electrons. The van der Waals surface area contributed by atoms with Crippen molar-refractivity contribution in [2.75, 3.05) is 19.0 Å². The molecular weight excluding hydrogens is 238 g/mol. The summed E-state index contributed by atoms with van der Waals surface area (Å²) in [5.74, 6) is 1.68. The third-order valence-corrected chi connectivity index (χ3v) is 3.18. The Hall–Kier alpha value is -2.10. The van der Waals surface area contributed by atoms with Crippen molar-refractivity contribution in [2.24, 2.45) is 0 Å². The molecule has 0 aliphatic heterocycles. The minimum absolute atomic E-state index is 0.659. The molecule has 0 saturated carbocycles. The van der Waals surface area contributed by atoms with Gasteiger partial charge < -0.3 is 10.1 Å². The molecule has 0 atom stereocenters. The van der Waals surface area contributed by atoms with Gasteiger partial charge >= 0.3 is 0 Å². The Labute approximate surface area is 113 Å². The first kappa shape index (κ1) is 13.3. The number of benzene rings is 1. The van der Waals surface area contributed by atoms with Gasteiger partial charge in [0.25, 0.3) is 0 Å². The second-order valence-electron chi connectivity index (χ2n) is 4.36. The van der Waals surface area contributed by atoms with E-state index >= 15 is 0 Å². The molecule has 4 heteroatoms. The van der Waals surface area contributed by atoms with Crippen LogP contribution in [0.15, 0.2) is 24.3 Å². The predicted molar refractivity (Wildman–Crippen MR) is 77.7 cm³/mol. The van der Waals surface area contributed by atoms with Crippen molar-refractivity contribution in [3.05, 3.63) is 35.4 Å². The first-order valence-electron chi connectivity index (χ1n) is 6.42. The maximum Gasteiger partial charge on any atom is 0.151 e. The molecular formula is C15H19N3O. The number of hydrogen-bond donors (Lipinski definition) is 1. The lowest BCUT2D eigenvalue weighted by Gasteiger charge is -2.11. The molecule has 0 spiro atoms. The van der Waals surface area contributed by atoms with Crippen molar-refractivity contribution in [2.45, 2.75) is 20.8 Å². The highest BCUT2D eigenvalue weighted by atomic mass is 16.5. The van der Waals surface area contributed by atoms with Crippen molar-refractivity contribution in [3.8, 4) is 17.0 Å². The summed E-state index contributed by atoms with van der Waals surface area (Å²) < 4.78 is 5.52. The monoisotopic (exact) mass is 257 g/mol. The van der Waals surface area contributed by atoms with E-state index in [4.69, 9.17) is 4.74 Å². The summed E-state index contributed by atoms with van der Waals surface area (Å²) in [6.07, 6.45) is 0. The second kappa shape index (κ2) is 5.69. The van der Waals surface area contributed by atoms with Crippen molar-refractivity contribution in [3.63, 3.8) is 0 Å². The Morgan fingerprint density at radius 3 is 2.63 bits per heavy atom. The molecule has 19 heavy (non-hydrogen) atoms. The van der Waals surface area contributed by atoms with Crippen LogP contribution in [0.4, 0.5) is 5.82 Å². The average molecular weight is 257 g/mol. The van der Waals surface area contributed by atoms with E-state index in [1.165, 1.54) is 0 Å². The molecule has 2 aromatic rings. The third-order valence-electron chi connectivity index (χ3n) is 3.18. The Morgan fingerprint density at radius 2 is 1.95 bits per heavy atom. The molecule has 1 N–H and O–H groups in total. The number of nitrogens with one attached hydrogen (secondary N) is 1. The minimum atomic E-state index is 0.659. The molecule has 1 aromatic carbocycles. The Morgan fingerprint density at radius 1 is 1.16 bits per heavy atom. The largest absolute Gasteiger partial charge is 0.494 e. The fourth-order valence-electron chi connectivity index (χ4n) is 2.02. The van der Waals surface area contributed by atoms with Crippen LogP contribution in [-0.4, -0.2) is 23.9 Å². The van der Waals surface area contributed by atoms with Crippen LogP contribution in [0.1, 0.15) is 18.1 Å². The lowest BCUT2D eigenvalue weighted by molar-refractivity contribution is 0.340. The summed E-state index contributed by atoms with van der Waals surface area (Å²) >= 11 is 0. The first-order valence-corrected chi connectivity index (χ1v) is 6.42. The van der Waals surface area contributed by atoms with E-state index in [9.17, 15) is 0 Å². The summed E-state index contributed by atoms with van der Waals surface area (Å²) in [6, 6.07) is 7.95. The van der Waals surface area contributed by atoms with Crippen LogP contribution < -0.4 is 10.1 Å². The van der Waals surface area contributed by atoms with Crippen LogP contribution in [0.25, 0.3) is 11.3 Å². The highest BCUT2D eigenvalue weighted by Gasteiger charge is 2.11. The highest BCUT2D eigenvalue weighted by Crippen LogP contribution is 2.28. The third kappa shape index (κ3) is 2.67. The maximum atomic E-state index is 5.52. The predicted octanol–water partition coefficient (Wildman–Crippen LogP) is 3.20. The van der Waals surface area contributed by atoms with Crippen molar-refractivity contribution in [1.29, 1.82) is 0 Å². The molecule has 0 bridgehead atoms. The number of rotatable bonds is 4. The van der Waals surface area contributed by atoms with Gasteiger partial charge in [-0.05, 0) is 44.0 Å². The summed E-state index contributed by atoms with van der Waals surface area (Å²) in [6.45, 7) is 6.74. The summed E-state index contributed by atoms with van der Waals surface area (Å²) in [5, 5.41) is 11.6. The quantitative estimate of drug-likeness (QED) is 0.913. The van der Waals surface area contributed by atoms with Crippen LogP contribution in [0.3, 0.4) is 0 Å². The number of nitrogens with zero attached hydrogens (tertiary/aromatic N) is 2. The van der Waals surface area contributed by atoms with Gasteiger partial charge in [0, 0.05) is 12.6 Å². The van der Waals surface area contributed by atoms with Gasteiger partial charge in [-0.2, -0.15) is 0 Å². The van der Waals surface area contributed by atoms with Gasteiger partial charge in [0.2, 0.25) is 0 Å². The number of anilines is 1. The van der Waals surface area contributed by atoms with Gasteiger partial charge in [-0.25, -0.2) is 0 Å². The van der Waals surface area contributed by atoms with Gasteiger partial charge in [-0.15, -0.1) is 10.2 Å². The van der Waals surface area contributed by atoms with Crippen molar-refractivity contribution < 1.29 is 4.74 Å². The van der Waals surface area contributed by atoms with E-state index in [0.717, 1.165) is 34.0 Å². The average Bonchev–Trinajstić information content (AvgIpc) is 2.42. The molecule has 1 heterocycles. The Bertz CT molecular complexity index is 582. The summed E-state index contributed by atoms with van der Waals surface area (Å²) in [7, 11) is 1.85. The van der Waals surface area contributed by atoms with Gasteiger partial charge in [0.05, 0.1) is 12.3 Å². The van der Waals surface area contributed by atoms with Gasteiger partial charge in [-0.3, -0.25) is 0 Å². The topological polar surface area (TPSA) is 47.0 Å². The lowest BCUT2D eigenvalue weighted by Crippen LogP contribution is -2.02. The van der Waals surface area contributed by atoms with E-state index in [-0.39, 0.29) is 0 Å². The first-order chi connectivity index (χ1) is 9.17. The zero-order valence-corrected chi connectivity index (χ0v) is 11.8. The number of aromatic nitrogens is 2. The molecule has 0 unspecified atom stereocenters. The van der Waals surface area contributed by atoms with Gasteiger partial charge in [0.1, 0.15) is 5.75 Å². The molecule has 0 saturated heterocycles. The molecule has 2 rings (SSSR count). The Kier molecular flexibility index (Phi) is 4.00. The van der Waals surface area contributed by atoms with Crippen LogP contribution in [0.5, 0.6) is 5.75 Å². The molecule has 0 aliphatic carbocycles. The summed E-state index contributed by atoms with van der Waals surface area (Å²) in [5.41, 5.74) is 4.18. The van der Waals surface area contributed by atoms with Crippen LogP contribution in [-0.2, 0) is 0 Å². The van der Waals surface area contributed by atoms with Crippen LogP contribution in [0.2, 0.25) is 0 Å². The highest BCUT2D eigenvalue weighted by molar-refractivity contribution is 5.67. The van der Waals surface area contributed by atoms with Gasteiger partial charge in [0.15, 0.2) is 5.82 Å². The fourth-order valence-corrected chi connectivity index (χ4v) is 2.02. The van der Waals surface area contributed by atoms with E-state index in [2.05, 4.69) is 22.4 Å². The molecule has 1 aromatic heterocycles. The molecule has 0 aliphatic rings. The molecule has 0 amide bonds. The minimum Gasteiger partial charge on any atom is -0.494 e. The van der Waals surface area contributed by atoms with E-state index < -0.39 is 0 Å². The molecule has 0 fully saturated rings. The van der Waals surface area contributed by atoms with Gasteiger partial charge in [-0.1, -0.05) is 12.1 Å². The zero-order chi connectivity index (χ0) is 13.8. The Balaban J connectivity index is 2.47. The van der Waals surface area contributed by atoms with E-state index in [1.807, 2.05) is 45.2 Å². The normalized spacial score (nSPS) is 10.3. The zero-order valence-electron chi connectivity index (χ0n) is 11.8. The van der Waals surface area contributed by atoms with Crippen LogP contribution in [0, 0.1) is 13.8 Å². The maximum absolute atomic E-state index is 5.52. The van der Waals surface area contributed by atoms with Crippen LogP contribution >= 0.6 is 0 Å². The number of ether oxygens (including phenoxy) is 1. The smallest absolute Gasteiger partial charge is 0.151 e. The fraction of sp³-hybridized carbons (Fsp3) is 0.333.